The van der Waals surface area contributed by atoms with Crippen LogP contribution < -0.4 is 11.5 Å². The van der Waals surface area contributed by atoms with E-state index in [2.05, 4.69) is 0 Å². The van der Waals surface area contributed by atoms with Crippen molar-refractivity contribution in [2.45, 2.75) is 37.6 Å². The van der Waals surface area contributed by atoms with Crippen LogP contribution in [-0.4, -0.2) is 51.1 Å². The van der Waals surface area contributed by atoms with E-state index in [-0.39, 0.29) is 12.2 Å². The van der Waals surface area contributed by atoms with Gasteiger partial charge in [0.1, 0.15) is 12.2 Å². The van der Waals surface area contributed by atoms with Crippen LogP contribution in [0.2, 0.25) is 0 Å². The highest BCUT2D eigenvalue weighted by Gasteiger charge is 2.55. The monoisotopic (exact) mass is 234 g/mol. The first-order valence-corrected chi connectivity index (χ1v) is 5.32. The third-order valence-electron chi connectivity index (χ3n) is 3.24. The first-order valence-electron chi connectivity index (χ1n) is 5.32. The summed E-state index contributed by atoms with van der Waals surface area (Å²) in [7, 11) is 3.08. The Hall–Kier alpha value is -0.240. The highest BCUT2D eigenvalue weighted by Crippen LogP contribution is 2.38. The van der Waals surface area contributed by atoms with Gasteiger partial charge in [0.15, 0.2) is 0 Å². The summed E-state index contributed by atoms with van der Waals surface area (Å²) >= 11 is 0. The minimum atomic E-state index is -1.00. The zero-order valence-corrected chi connectivity index (χ0v) is 10.4. The highest BCUT2D eigenvalue weighted by atomic mass is 16.8. The van der Waals surface area contributed by atoms with E-state index in [0.29, 0.717) is 13.1 Å². The molecule has 4 atom stereocenters. The molecule has 6 heteroatoms. The van der Waals surface area contributed by atoms with E-state index in [9.17, 15) is 0 Å². The van der Waals surface area contributed by atoms with Gasteiger partial charge in [-0.05, 0) is 13.8 Å². The molecule has 1 heterocycles. The molecule has 0 bridgehead atoms. The predicted octanol–water partition coefficient (Wildman–Crippen LogP) is -0.587. The lowest BCUT2D eigenvalue weighted by Crippen LogP contribution is -2.67. The van der Waals surface area contributed by atoms with Gasteiger partial charge in [0.25, 0.3) is 0 Å². The third-order valence-corrected chi connectivity index (χ3v) is 3.24. The van der Waals surface area contributed by atoms with E-state index < -0.39 is 11.6 Å². The molecule has 1 fully saturated rings. The Morgan fingerprint density at radius 3 is 1.44 bits per heavy atom. The topological polar surface area (TPSA) is 89.0 Å². The lowest BCUT2D eigenvalue weighted by Gasteiger charge is -2.51. The van der Waals surface area contributed by atoms with Gasteiger partial charge in [-0.3, -0.25) is 0 Å². The maximum Gasteiger partial charge on any atom is 0.220 e. The van der Waals surface area contributed by atoms with E-state index in [1.807, 2.05) is 0 Å². The summed E-state index contributed by atoms with van der Waals surface area (Å²) in [5.74, 6) is -2.01. The normalized spacial score (nSPS) is 44.6. The third kappa shape index (κ3) is 2.09. The van der Waals surface area contributed by atoms with Crippen molar-refractivity contribution >= 4 is 0 Å². The molecule has 96 valence electrons. The molecule has 0 aliphatic carbocycles. The molecule has 0 radical (unpaired) electrons. The van der Waals surface area contributed by atoms with Crippen molar-refractivity contribution in [3.05, 3.63) is 0 Å². The van der Waals surface area contributed by atoms with Gasteiger partial charge in [-0.2, -0.15) is 0 Å². The van der Waals surface area contributed by atoms with Gasteiger partial charge in [-0.15, -0.1) is 0 Å². The second-order valence-electron chi connectivity index (χ2n) is 4.08. The molecule has 0 spiro atoms. The number of hydrogen-bond donors (Lipinski definition) is 2. The lowest BCUT2D eigenvalue weighted by atomic mass is 10.0. The molecule has 0 aromatic carbocycles. The summed E-state index contributed by atoms with van der Waals surface area (Å²) in [4.78, 5) is 0. The van der Waals surface area contributed by atoms with Crippen LogP contribution in [0.3, 0.4) is 0 Å². The maximum absolute atomic E-state index is 5.81. The Morgan fingerprint density at radius 2 is 1.25 bits per heavy atom. The predicted molar refractivity (Wildman–Crippen MR) is 58.7 cm³/mol. The molecule has 1 aliphatic heterocycles. The van der Waals surface area contributed by atoms with E-state index in [1.54, 1.807) is 13.8 Å². The van der Waals surface area contributed by atoms with E-state index >= 15 is 0 Å². The van der Waals surface area contributed by atoms with E-state index in [1.165, 1.54) is 14.2 Å². The average molecular weight is 234 g/mol. The Kier molecular flexibility index (Phi) is 4.28. The number of rotatable bonds is 4. The Balaban J connectivity index is 2.94. The van der Waals surface area contributed by atoms with Gasteiger partial charge >= 0.3 is 0 Å². The molecule has 1 saturated heterocycles. The first-order chi connectivity index (χ1) is 7.46. The van der Waals surface area contributed by atoms with Crippen LogP contribution in [0.25, 0.3) is 0 Å². The Morgan fingerprint density at radius 1 is 0.938 bits per heavy atom. The summed E-state index contributed by atoms with van der Waals surface area (Å²) in [6, 6.07) is 0. The second kappa shape index (κ2) is 4.95. The summed E-state index contributed by atoms with van der Waals surface area (Å²) in [5, 5.41) is 0. The zero-order valence-electron chi connectivity index (χ0n) is 10.4. The molecular weight excluding hydrogens is 212 g/mol. The van der Waals surface area contributed by atoms with E-state index in [4.69, 9.17) is 30.4 Å². The lowest BCUT2D eigenvalue weighted by molar-refractivity contribution is -0.445. The molecule has 6 nitrogen and oxygen atoms in total. The summed E-state index contributed by atoms with van der Waals surface area (Å²) in [5.41, 5.74) is 11.2. The molecule has 16 heavy (non-hydrogen) atoms. The SMILES string of the molecule is CO[C@]1(C)O[C@@H](CN)[C@H](CN)O[C@@]1(C)OC. The molecule has 1 rings (SSSR count). The van der Waals surface area contributed by atoms with Crippen molar-refractivity contribution < 1.29 is 18.9 Å². The maximum atomic E-state index is 5.81. The fourth-order valence-corrected chi connectivity index (χ4v) is 1.81. The van der Waals surface area contributed by atoms with Crippen molar-refractivity contribution in [2.24, 2.45) is 11.5 Å². The minimum Gasteiger partial charge on any atom is -0.349 e. The van der Waals surface area contributed by atoms with Crippen LogP contribution in [0.5, 0.6) is 0 Å². The number of hydrogen-bond acceptors (Lipinski definition) is 6. The highest BCUT2D eigenvalue weighted by molar-refractivity contribution is 4.91. The summed E-state index contributed by atoms with van der Waals surface area (Å²) < 4.78 is 22.3. The first kappa shape index (κ1) is 13.8. The molecule has 0 aromatic rings. The van der Waals surface area contributed by atoms with Crippen molar-refractivity contribution in [3.63, 3.8) is 0 Å². The number of nitrogens with two attached hydrogens (primary N) is 2. The van der Waals surface area contributed by atoms with Gasteiger partial charge in [0.2, 0.25) is 11.6 Å². The standard InChI is InChI=1S/C10H22N2O4/c1-9(13-3)10(2,14-4)16-8(6-12)7(5-11)15-9/h7-8H,5-6,11-12H2,1-4H3/t7-,8-,9+,10+/m0/s1. The second-order valence-corrected chi connectivity index (χ2v) is 4.08. The van der Waals surface area contributed by atoms with Crippen molar-refractivity contribution in [1.29, 1.82) is 0 Å². The summed E-state index contributed by atoms with van der Waals surface area (Å²) in [6.45, 7) is 4.15. The zero-order chi connectivity index (χ0) is 12.4. The van der Waals surface area contributed by atoms with Gasteiger partial charge in [-0.25, -0.2) is 0 Å². The molecule has 0 unspecified atom stereocenters. The van der Waals surface area contributed by atoms with Gasteiger partial charge in [-0.1, -0.05) is 0 Å². The minimum absolute atomic E-state index is 0.293. The van der Waals surface area contributed by atoms with Crippen LogP contribution in [0.1, 0.15) is 13.8 Å². The molecule has 0 aromatic heterocycles. The largest absolute Gasteiger partial charge is 0.349 e. The van der Waals surface area contributed by atoms with Crippen molar-refractivity contribution in [1.82, 2.24) is 0 Å². The Labute approximate surface area is 96.2 Å². The quantitative estimate of drug-likeness (QED) is 0.676. The number of ether oxygens (including phenoxy) is 4. The molecule has 4 N–H and O–H groups in total. The molecule has 1 aliphatic rings. The molecule has 0 saturated carbocycles. The van der Waals surface area contributed by atoms with Crippen LogP contribution in [0.4, 0.5) is 0 Å². The average Bonchev–Trinajstić information content (AvgIpc) is 2.31. The summed E-state index contributed by atoms with van der Waals surface area (Å²) in [6.07, 6.45) is -0.587. The van der Waals surface area contributed by atoms with Gasteiger partial charge < -0.3 is 30.4 Å². The van der Waals surface area contributed by atoms with Gasteiger partial charge in [0, 0.05) is 27.3 Å². The van der Waals surface area contributed by atoms with Crippen LogP contribution in [0, 0.1) is 0 Å². The van der Waals surface area contributed by atoms with Crippen LogP contribution in [0.15, 0.2) is 0 Å². The van der Waals surface area contributed by atoms with E-state index in [0.717, 1.165) is 0 Å². The Bertz CT molecular complexity index is 217. The number of methoxy groups -OCH3 is 2. The molecular formula is C10H22N2O4. The van der Waals surface area contributed by atoms with Crippen molar-refractivity contribution in [3.8, 4) is 0 Å². The van der Waals surface area contributed by atoms with Crippen LogP contribution in [-0.2, 0) is 18.9 Å². The van der Waals surface area contributed by atoms with Crippen molar-refractivity contribution in [2.75, 3.05) is 27.3 Å². The van der Waals surface area contributed by atoms with Gasteiger partial charge in [0.05, 0.1) is 0 Å². The smallest absolute Gasteiger partial charge is 0.220 e. The molecule has 0 amide bonds. The van der Waals surface area contributed by atoms with Crippen LogP contribution >= 0.6 is 0 Å². The fourth-order valence-electron chi connectivity index (χ4n) is 1.81. The fraction of sp³-hybridized carbons (Fsp3) is 1.00.